The molecule has 0 bridgehead atoms. The van der Waals surface area contributed by atoms with E-state index >= 15 is 0 Å². The zero-order chi connectivity index (χ0) is 22.0. The van der Waals surface area contributed by atoms with Crippen molar-refractivity contribution in [1.82, 2.24) is 9.38 Å². The molecule has 2 aromatic heterocycles. The third-order valence-corrected chi connectivity index (χ3v) is 5.63. The average molecular weight is 425 g/mol. The molecule has 0 fully saturated rings. The highest BCUT2D eigenvalue weighted by Gasteiger charge is 2.32. The largest absolute Gasteiger partial charge is 0.514 e. The van der Waals surface area contributed by atoms with Crippen LogP contribution in [0.1, 0.15) is 41.1 Å². The Kier molecular flexibility index (Phi) is 6.11. The zero-order valence-corrected chi connectivity index (χ0v) is 18.2. The monoisotopic (exact) mass is 425 g/mol. The first-order valence-electron chi connectivity index (χ1n) is 10.2. The van der Waals surface area contributed by atoms with Gasteiger partial charge in [0.1, 0.15) is 0 Å². The van der Waals surface area contributed by atoms with Crippen LogP contribution < -0.4 is 10.1 Å². The maximum Gasteiger partial charge on any atom is 0.514 e. The molecule has 0 radical (unpaired) electrons. The van der Waals surface area contributed by atoms with E-state index in [1.807, 2.05) is 42.5 Å². The van der Waals surface area contributed by atoms with Crippen molar-refractivity contribution in [2.24, 2.45) is 0 Å². The van der Waals surface area contributed by atoms with Crippen molar-refractivity contribution in [3.05, 3.63) is 58.9 Å². The van der Waals surface area contributed by atoms with Gasteiger partial charge in [-0.15, -0.1) is 0 Å². The van der Waals surface area contributed by atoms with Crippen LogP contribution in [0.4, 0.5) is 10.5 Å². The van der Waals surface area contributed by atoms with Gasteiger partial charge in [0.25, 0.3) is 0 Å². The number of nitrogens with zero attached hydrogens (tertiary/aromatic N) is 2. The summed E-state index contributed by atoms with van der Waals surface area (Å²) in [6.45, 7) is 4.81. The summed E-state index contributed by atoms with van der Waals surface area (Å²) in [5.41, 5.74) is 5.35. The lowest BCUT2D eigenvalue weighted by Gasteiger charge is -2.34. The highest BCUT2D eigenvalue weighted by Crippen LogP contribution is 2.44. The first kappa shape index (κ1) is 21.1. The Morgan fingerprint density at radius 1 is 1.19 bits per heavy atom. The van der Waals surface area contributed by atoms with Crippen LogP contribution in [0.2, 0.25) is 0 Å². The standard InChI is InChI=1S/C23H27N3O5/c1-14-15(2)26-20(31-23(27)29-4)12-17-19(30-11-10-28-3)13-18(16-8-6-5-7-9-16)25-21(17)22(26)24-14/h5-9,12,18-19,25H,10-11,13H2,1-4H3. The number of carbonyl (C=O) groups is 1. The maximum atomic E-state index is 11.9. The quantitative estimate of drug-likeness (QED) is 0.464. The van der Waals surface area contributed by atoms with Crippen LogP contribution in [-0.4, -0.2) is 43.0 Å². The molecule has 2 unspecified atom stereocenters. The number of hydrogen-bond donors (Lipinski definition) is 1. The number of aromatic nitrogens is 2. The second kappa shape index (κ2) is 8.95. The molecule has 1 N–H and O–H groups in total. The molecule has 1 aliphatic rings. The molecule has 3 aromatic rings. The van der Waals surface area contributed by atoms with Crippen molar-refractivity contribution in [3.8, 4) is 5.88 Å². The van der Waals surface area contributed by atoms with E-state index in [1.165, 1.54) is 12.7 Å². The molecule has 0 spiro atoms. The lowest BCUT2D eigenvalue weighted by molar-refractivity contribution is 0.00782. The molecule has 1 aliphatic heterocycles. The summed E-state index contributed by atoms with van der Waals surface area (Å²) in [4.78, 5) is 16.7. The Balaban J connectivity index is 1.85. The number of imidazole rings is 1. The fourth-order valence-corrected chi connectivity index (χ4v) is 3.96. The molecular weight excluding hydrogens is 398 g/mol. The summed E-state index contributed by atoms with van der Waals surface area (Å²) in [5.74, 6) is 0.346. The number of pyridine rings is 1. The van der Waals surface area contributed by atoms with Gasteiger partial charge in [-0.1, -0.05) is 30.3 Å². The molecule has 164 valence electrons. The van der Waals surface area contributed by atoms with Gasteiger partial charge in [-0.05, 0) is 19.4 Å². The molecule has 0 aliphatic carbocycles. The molecule has 8 heteroatoms. The normalized spacial score (nSPS) is 17.8. The highest BCUT2D eigenvalue weighted by molar-refractivity contribution is 5.77. The number of ether oxygens (including phenoxy) is 4. The van der Waals surface area contributed by atoms with Gasteiger partial charge in [0.05, 0.1) is 43.9 Å². The maximum absolute atomic E-state index is 11.9. The van der Waals surface area contributed by atoms with Crippen LogP contribution in [0.5, 0.6) is 5.88 Å². The van der Waals surface area contributed by atoms with Crippen LogP contribution in [0.3, 0.4) is 0 Å². The van der Waals surface area contributed by atoms with Gasteiger partial charge in [0.2, 0.25) is 5.88 Å². The number of carbonyl (C=O) groups excluding carboxylic acids is 1. The Bertz CT molecular complexity index is 1080. The minimum atomic E-state index is -0.783. The average Bonchev–Trinajstić information content (AvgIpc) is 3.09. The molecular formula is C23H27N3O5. The van der Waals surface area contributed by atoms with E-state index in [0.717, 1.165) is 22.6 Å². The van der Waals surface area contributed by atoms with E-state index in [2.05, 4.69) is 17.4 Å². The molecule has 2 atom stereocenters. The van der Waals surface area contributed by atoms with Crippen molar-refractivity contribution >= 4 is 17.5 Å². The number of methoxy groups -OCH3 is 2. The number of nitrogens with one attached hydrogen (secondary N) is 1. The second-order valence-corrected chi connectivity index (χ2v) is 7.51. The summed E-state index contributed by atoms with van der Waals surface area (Å²) in [5, 5.41) is 3.65. The summed E-state index contributed by atoms with van der Waals surface area (Å²) >= 11 is 0. The van der Waals surface area contributed by atoms with Gasteiger partial charge in [0, 0.05) is 30.9 Å². The zero-order valence-electron chi connectivity index (χ0n) is 18.2. The SMILES string of the molecule is COCCOC1CC(c2ccccc2)Nc2c1cc(OC(=O)OC)n1c(C)c(C)nc21. The van der Waals surface area contributed by atoms with Crippen molar-refractivity contribution in [2.45, 2.75) is 32.4 Å². The van der Waals surface area contributed by atoms with E-state index in [9.17, 15) is 4.79 Å². The molecule has 1 aromatic carbocycles. The number of benzene rings is 1. The van der Waals surface area contributed by atoms with E-state index in [1.54, 1.807) is 7.11 Å². The summed E-state index contributed by atoms with van der Waals surface area (Å²) in [6, 6.07) is 12.1. The Morgan fingerprint density at radius 2 is 1.97 bits per heavy atom. The highest BCUT2D eigenvalue weighted by atomic mass is 16.7. The number of hydrogen-bond acceptors (Lipinski definition) is 7. The third-order valence-electron chi connectivity index (χ3n) is 5.63. The van der Waals surface area contributed by atoms with Crippen LogP contribution in [-0.2, 0) is 14.2 Å². The van der Waals surface area contributed by atoms with Crippen LogP contribution in [0, 0.1) is 13.8 Å². The lowest BCUT2D eigenvalue weighted by Crippen LogP contribution is -2.25. The summed E-state index contributed by atoms with van der Waals surface area (Å²) in [7, 11) is 2.93. The predicted molar refractivity (Wildman–Crippen MR) is 116 cm³/mol. The van der Waals surface area contributed by atoms with Gasteiger partial charge in [0.15, 0.2) is 5.65 Å². The van der Waals surface area contributed by atoms with Crippen LogP contribution >= 0.6 is 0 Å². The molecule has 0 amide bonds. The fourth-order valence-electron chi connectivity index (χ4n) is 3.96. The van der Waals surface area contributed by atoms with Gasteiger partial charge in [-0.2, -0.15) is 0 Å². The van der Waals surface area contributed by atoms with Crippen LogP contribution in [0.15, 0.2) is 36.4 Å². The summed E-state index contributed by atoms with van der Waals surface area (Å²) in [6.07, 6.45) is -0.290. The number of aryl methyl sites for hydroxylation is 2. The van der Waals surface area contributed by atoms with E-state index in [-0.39, 0.29) is 12.1 Å². The predicted octanol–water partition coefficient (Wildman–Crippen LogP) is 4.36. The first-order chi connectivity index (χ1) is 15.0. The molecule has 31 heavy (non-hydrogen) atoms. The molecule has 8 nitrogen and oxygen atoms in total. The summed E-state index contributed by atoms with van der Waals surface area (Å²) < 4.78 is 23.4. The third kappa shape index (κ3) is 4.08. The Morgan fingerprint density at radius 3 is 2.68 bits per heavy atom. The smallest absolute Gasteiger partial charge is 0.437 e. The number of fused-ring (bicyclic) bond motifs is 3. The van der Waals surface area contributed by atoms with Gasteiger partial charge in [-0.25, -0.2) is 9.78 Å². The molecule has 0 saturated carbocycles. The minimum absolute atomic E-state index is 0.0507. The van der Waals surface area contributed by atoms with E-state index in [0.29, 0.717) is 31.2 Å². The Hall–Kier alpha value is -3.10. The van der Waals surface area contributed by atoms with Gasteiger partial charge >= 0.3 is 6.16 Å². The molecule has 0 saturated heterocycles. The second-order valence-electron chi connectivity index (χ2n) is 7.51. The van der Waals surface area contributed by atoms with Crippen molar-refractivity contribution < 1.29 is 23.7 Å². The van der Waals surface area contributed by atoms with Gasteiger partial charge in [-0.3, -0.25) is 4.40 Å². The number of anilines is 1. The lowest BCUT2D eigenvalue weighted by atomic mass is 9.91. The van der Waals surface area contributed by atoms with Crippen molar-refractivity contribution in [2.75, 3.05) is 32.8 Å². The minimum Gasteiger partial charge on any atom is -0.437 e. The molecule has 3 heterocycles. The van der Waals surface area contributed by atoms with E-state index < -0.39 is 6.16 Å². The first-order valence-corrected chi connectivity index (χ1v) is 10.2. The number of rotatable bonds is 6. The topological polar surface area (TPSA) is 83.3 Å². The fraction of sp³-hybridized carbons (Fsp3) is 0.391. The molecule has 4 rings (SSSR count). The Labute approximate surface area is 181 Å². The van der Waals surface area contributed by atoms with E-state index in [4.69, 9.17) is 23.9 Å². The van der Waals surface area contributed by atoms with Crippen molar-refractivity contribution in [1.29, 1.82) is 0 Å². The van der Waals surface area contributed by atoms with Gasteiger partial charge < -0.3 is 24.3 Å². The van der Waals surface area contributed by atoms with Crippen LogP contribution in [0.25, 0.3) is 5.65 Å². The van der Waals surface area contributed by atoms with Crippen molar-refractivity contribution in [3.63, 3.8) is 0 Å².